The Balaban J connectivity index is 1.87. The Hall–Kier alpha value is -2.35. The molecule has 0 unspecified atom stereocenters. The monoisotopic (exact) mass is 380 g/mol. The summed E-state index contributed by atoms with van der Waals surface area (Å²) in [5.41, 5.74) is 0.456. The lowest BCUT2D eigenvalue weighted by molar-refractivity contribution is -0.137. The molecule has 3 rings (SSSR count). The standard InChI is InChI=1S/C19H23F3N4O/c1-12-9-17(26(3)14-5-4-8-25(2)11-14)23-24-18(12)15-7-6-13(10-16(15)27)19(20,21)22/h6-7,9-10,14,27H,4-5,8,11H2,1-3H3/t14-/m1/s1. The first-order valence-corrected chi connectivity index (χ1v) is 8.83. The van der Waals surface area contributed by atoms with E-state index in [1.54, 1.807) is 0 Å². The minimum Gasteiger partial charge on any atom is -0.507 e. The van der Waals surface area contributed by atoms with Crippen LogP contribution in [0, 0.1) is 6.92 Å². The molecule has 1 saturated heterocycles. The van der Waals surface area contributed by atoms with Gasteiger partial charge in [-0.15, -0.1) is 10.2 Å². The molecule has 1 atom stereocenters. The van der Waals surface area contributed by atoms with E-state index in [1.165, 1.54) is 6.07 Å². The molecule has 0 bridgehead atoms. The van der Waals surface area contributed by atoms with Crippen molar-refractivity contribution in [1.82, 2.24) is 15.1 Å². The number of aromatic hydroxyl groups is 1. The van der Waals surface area contributed by atoms with Crippen molar-refractivity contribution in [3.8, 4) is 17.0 Å². The molecular formula is C19H23F3N4O. The topological polar surface area (TPSA) is 52.5 Å². The van der Waals surface area contributed by atoms with Gasteiger partial charge in [0.05, 0.1) is 11.3 Å². The third-order valence-electron chi connectivity index (χ3n) is 5.06. The molecule has 0 spiro atoms. The maximum Gasteiger partial charge on any atom is 0.416 e. The predicted octanol–water partition coefficient (Wildman–Crippen LogP) is 3.71. The molecule has 1 aromatic carbocycles. The zero-order valence-corrected chi connectivity index (χ0v) is 15.6. The molecule has 146 valence electrons. The average Bonchev–Trinajstić information content (AvgIpc) is 2.60. The van der Waals surface area contributed by atoms with Crippen molar-refractivity contribution < 1.29 is 18.3 Å². The van der Waals surface area contributed by atoms with Crippen LogP contribution in [0.25, 0.3) is 11.3 Å². The summed E-state index contributed by atoms with van der Waals surface area (Å²) in [6, 6.07) is 5.08. The summed E-state index contributed by atoms with van der Waals surface area (Å²) in [5.74, 6) is 0.250. The summed E-state index contributed by atoms with van der Waals surface area (Å²) in [6.07, 6.45) is -2.31. The Bertz CT molecular complexity index is 825. The Morgan fingerprint density at radius 2 is 1.96 bits per heavy atom. The van der Waals surface area contributed by atoms with Gasteiger partial charge < -0.3 is 14.9 Å². The lowest BCUT2D eigenvalue weighted by Gasteiger charge is -2.36. The third-order valence-corrected chi connectivity index (χ3v) is 5.06. The van der Waals surface area contributed by atoms with Crippen LogP contribution in [0.3, 0.4) is 0 Å². The molecule has 8 heteroatoms. The lowest BCUT2D eigenvalue weighted by Crippen LogP contribution is -2.45. The van der Waals surface area contributed by atoms with Gasteiger partial charge in [0, 0.05) is 25.2 Å². The van der Waals surface area contributed by atoms with Crippen LogP contribution in [-0.2, 0) is 6.18 Å². The zero-order chi connectivity index (χ0) is 19.8. The number of phenols is 1. The summed E-state index contributed by atoms with van der Waals surface area (Å²) in [6.45, 7) is 3.84. The van der Waals surface area contributed by atoms with E-state index in [0.29, 0.717) is 23.6 Å². The molecule has 0 aliphatic carbocycles. The Morgan fingerprint density at radius 3 is 2.56 bits per heavy atom. The fourth-order valence-electron chi connectivity index (χ4n) is 3.46. The smallest absolute Gasteiger partial charge is 0.416 e. The number of rotatable bonds is 3. The largest absolute Gasteiger partial charge is 0.507 e. The van der Waals surface area contributed by atoms with E-state index in [9.17, 15) is 18.3 Å². The van der Waals surface area contributed by atoms with Gasteiger partial charge in [0.25, 0.3) is 0 Å². The summed E-state index contributed by atoms with van der Waals surface area (Å²) < 4.78 is 38.3. The maximum absolute atomic E-state index is 12.8. The zero-order valence-electron chi connectivity index (χ0n) is 15.6. The number of hydrogen-bond acceptors (Lipinski definition) is 5. The van der Waals surface area contributed by atoms with Crippen LogP contribution in [-0.4, -0.2) is 53.4 Å². The van der Waals surface area contributed by atoms with Crippen molar-refractivity contribution in [2.75, 3.05) is 32.1 Å². The SMILES string of the molecule is Cc1cc(N(C)[C@@H]2CCCN(C)C2)nnc1-c1ccc(C(F)(F)F)cc1O. The number of aromatic nitrogens is 2. The molecule has 0 saturated carbocycles. The summed E-state index contributed by atoms with van der Waals surface area (Å²) in [7, 11) is 4.07. The number of hydrogen-bond donors (Lipinski definition) is 1. The van der Waals surface area contributed by atoms with Gasteiger partial charge in [-0.2, -0.15) is 13.2 Å². The molecule has 27 heavy (non-hydrogen) atoms. The highest BCUT2D eigenvalue weighted by molar-refractivity contribution is 5.70. The number of likely N-dealkylation sites (tertiary alicyclic amines) is 1. The first kappa shape index (κ1) is 19.4. The number of phenolic OH excluding ortho intramolecular Hbond substituents is 1. The average molecular weight is 380 g/mol. The molecule has 2 aromatic rings. The fourth-order valence-corrected chi connectivity index (χ4v) is 3.46. The van der Waals surface area contributed by atoms with E-state index in [0.717, 1.165) is 37.6 Å². The van der Waals surface area contributed by atoms with Gasteiger partial charge in [-0.3, -0.25) is 0 Å². The second-order valence-corrected chi connectivity index (χ2v) is 7.13. The number of likely N-dealkylation sites (N-methyl/N-ethyl adjacent to an activating group) is 2. The van der Waals surface area contributed by atoms with Gasteiger partial charge in [0.2, 0.25) is 0 Å². The third kappa shape index (κ3) is 4.16. The van der Waals surface area contributed by atoms with Gasteiger partial charge in [0.15, 0.2) is 5.82 Å². The van der Waals surface area contributed by atoms with Crippen LogP contribution in [0.2, 0.25) is 0 Å². The highest BCUT2D eigenvalue weighted by Gasteiger charge is 2.31. The van der Waals surface area contributed by atoms with Crippen molar-refractivity contribution in [2.24, 2.45) is 0 Å². The predicted molar refractivity (Wildman–Crippen MR) is 97.8 cm³/mol. The van der Waals surface area contributed by atoms with E-state index in [-0.39, 0.29) is 5.56 Å². The molecule has 5 nitrogen and oxygen atoms in total. The second kappa shape index (κ2) is 7.34. The van der Waals surface area contributed by atoms with E-state index in [2.05, 4.69) is 27.0 Å². The fraction of sp³-hybridized carbons (Fsp3) is 0.474. The number of aryl methyl sites for hydroxylation is 1. The van der Waals surface area contributed by atoms with Crippen LogP contribution in [0.15, 0.2) is 24.3 Å². The van der Waals surface area contributed by atoms with Crippen molar-refractivity contribution in [2.45, 2.75) is 32.0 Å². The number of benzene rings is 1. The van der Waals surface area contributed by atoms with E-state index in [4.69, 9.17) is 0 Å². The molecule has 0 amide bonds. The second-order valence-electron chi connectivity index (χ2n) is 7.13. The van der Waals surface area contributed by atoms with Crippen LogP contribution < -0.4 is 4.90 Å². The lowest BCUT2D eigenvalue weighted by atomic mass is 10.0. The quantitative estimate of drug-likeness (QED) is 0.880. The molecule has 2 heterocycles. The number of alkyl halides is 3. The highest BCUT2D eigenvalue weighted by atomic mass is 19.4. The molecular weight excluding hydrogens is 357 g/mol. The summed E-state index contributed by atoms with van der Waals surface area (Å²) >= 11 is 0. The Kier molecular flexibility index (Phi) is 5.28. The first-order chi connectivity index (χ1) is 12.7. The minimum absolute atomic E-state index is 0.236. The van der Waals surface area contributed by atoms with Crippen LogP contribution in [0.1, 0.15) is 24.0 Å². The minimum atomic E-state index is -4.50. The summed E-state index contributed by atoms with van der Waals surface area (Å²) in [5, 5.41) is 18.5. The normalized spacial score (nSPS) is 18.5. The van der Waals surface area contributed by atoms with Gasteiger partial charge >= 0.3 is 6.18 Å². The number of piperidine rings is 1. The number of anilines is 1. The van der Waals surface area contributed by atoms with E-state index in [1.807, 2.05) is 20.0 Å². The molecule has 1 fully saturated rings. The Morgan fingerprint density at radius 1 is 1.22 bits per heavy atom. The molecule has 1 aromatic heterocycles. The molecule has 1 N–H and O–H groups in total. The van der Waals surface area contributed by atoms with Crippen molar-refractivity contribution in [1.29, 1.82) is 0 Å². The number of nitrogens with zero attached hydrogens (tertiary/aromatic N) is 4. The first-order valence-electron chi connectivity index (χ1n) is 8.83. The van der Waals surface area contributed by atoms with Gasteiger partial charge in [-0.05, 0) is 63.2 Å². The van der Waals surface area contributed by atoms with Crippen molar-refractivity contribution in [3.05, 3.63) is 35.4 Å². The number of halogens is 3. The highest BCUT2D eigenvalue weighted by Crippen LogP contribution is 2.37. The van der Waals surface area contributed by atoms with Gasteiger partial charge in [-0.1, -0.05) is 0 Å². The molecule has 1 aliphatic rings. The van der Waals surface area contributed by atoms with Gasteiger partial charge in [0.1, 0.15) is 5.75 Å². The van der Waals surface area contributed by atoms with Crippen LogP contribution in [0.5, 0.6) is 5.75 Å². The maximum atomic E-state index is 12.8. The van der Waals surface area contributed by atoms with E-state index < -0.39 is 17.5 Å². The Labute approximate surface area is 156 Å². The summed E-state index contributed by atoms with van der Waals surface area (Å²) in [4.78, 5) is 4.37. The molecule has 0 radical (unpaired) electrons. The molecule has 1 aliphatic heterocycles. The van der Waals surface area contributed by atoms with Crippen LogP contribution >= 0.6 is 0 Å². The van der Waals surface area contributed by atoms with Gasteiger partial charge in [-0.25, -0.2) is 0 Å². The van der Waals surface area contributed by atoms with Crippen molar-refractivity contribution >= 4 is 5.82 Å². The van der Waals surface area contributed by atoms with Crippen LogP contribution in [0.4, 0.5) is 19.0 Å². The van der Waals surface area contributed by atoms with E-state index >= 15 is 0 Å². The van der Waals surface area contributed by atoms with Crippen molar-refractivity contribution in [3.63, 3.8) is 0 Å².